The molecule has 0 radical (unpaired) electrons. The van der Waals surface area contributed by atoms with Gasteiger partial charge in [-0.1, -0.05) is 6.92 Å². The van der Waals surface area contributed by atoms with Crippen molar-refractivity contribution in [2.45, 2.75) is 38.3 Å². The van der Waals surface area contributed by atoms with Gasteiger partial charge in [-0.3, -0.25) is 4.90 Å². The van der Waals surface area contributed by atoms with Gasteiger partial charge in [-0.2, -0.15) is 0 Å². The first-order chi connectivity index (χ1) is 5.42. The second kappa shape index (κ2) is 3.11. The van der Waals surface area contributed by atoms with Crippen molar-refractivity contribution in [1.29, 1.82) is 0 Å². The van der Waals surface area contributed by atoms with Crippen LogP contribution in [-0.4, -0.2) is 36.6 Å². The molecule has 2 heteroatoms. The molecule has 2 unspecified atom stereocenters. The van der Waals surface area contributed by atoms with Gasteiger partial charge in [-0.15, -0.1) is 0 Å². The standard InChI is InChI=1S/C9H18N2/c1-2-8-6-10-7-9-4-3-5-11(8)9/h8-10H,2-7H2,1H3. The molecule has 0 amide bonds. The lowest BCUT2D eigenvalue weighted by molar-refractivity contribution is 0.134. The topological polar surface area (TPSA) is 15.3 Å². The van der Waals surface area contributed by atoms with Gasteiger partial charge in [0.25, 0.3) is 0 Å². The smallest absolute Gasteiger partial charge is 0.0224 e. The van der Waals surface area contributed by atoms with E-state index in [2.05, 4.69) is 17.1 Å². The van der Waals surface area contributed by atoms with Gasteiger partial charge < -0.3 is 5.32 Å². The maximum absolute atomic E-state index is 3.52. The molecule has 2 atom stereocenters. The van der Waals surface area contributed by atoms with Crippen LogP contribution in [0.2, 0.25) is 0 Å². The molecular formula is C9H18N2. The highest BCUT2D eigenvalue weighted by Gasteiger charge is 2.32. The highest BCUT2D eigenvalue weighted by molar-refractivity contribution is 4.90. The van der Waals surface area contributed by atoms with Crippen LogP contribution in [0.3, 0.4) is 0 Å². The minimum absolute atomic E-state index is 0.830. The SMILES string of the molecule is CCC1CNCC2CCCN12. The molecule has 2 aliphatic rings. The molecule has 64 valence electrons. The molecule has 2 heterocycles. The fourth-order valence-corrected chi connectivity index (χ4v) is 2.47. The monoisotopic (exact) mass is 154 g/mol. The molecule has 11 heavy (non-hydrogen) atoms. The highest BCUT2D eigenvalue weighted by atomic mass is 15.3. The van der Waals surface area contributed by atoms with E-state index in [0.29, 0.717) is 0 Å². The summed E-state index contributed by atoms with van der Waals surface area (Å²) in [5, 5.41) is 3.52. The summed E-state index contributed by atoms with van der Waals surface area (Å²) in [7, 11) is 0. The van der Waals surface area contributed by atoms with Crippen LogP contribution >= 0.6 is 0 Å². The van der Waals surface area contributed by atoms with Crippen LogP contribution in [0.4, 0.5) is 0 Å². The largest absolute Gasteiger partial charge is 0.314 e. The first kappa shape index (κ1) is 7.56. The zero-order valence-corrected chi connectivity index (χ0v) is 7.34. The van der Waals surface area contributed by atoms with Crippen molar-refractivity contribution in [3.05, 3.63) is 0 Å². The molecule has 2 saturated heterocycles. The third kappa shape index (κ3) is 1.30. The van der Waals surface area contributed by atoms with Crippen molar-refractivity contribution < 1.29 is 0 Å². The predicted molar refractivity (Wildman–Crippen MR) is 46.7 cm³/mol. The Hall–Kier alpha value is -0.0800. The number of hydrogen-bond donors (Lipinski definition) is 1. The Balaban J connectivity index is 2.00. The number of nitrogens with one attached hydrogen (secondary N) is 1. The van der Waals surface area contributed by atoms with Crippen LogP contribution in [0.1, 0.15) is 26.2 Å². The van der Waals surface area contributed by atoms with E-state index < -0.39 is 0 Å². The van der Waals surface area contributed by atoms with Gasteiger partial charge in [-0.25, -0.2) is 0 Å². The third-order valence-electron chi connectivity index (χ3n) is 3.12. The molecule has 2 nitrogen and oxygen atoms in total. The average molecular weight is 154 g/mol. The molecular weight excluding hydrogens is 136 g/mol. The first-order valence-corrected chi connectivity index (χ1v) is 4.88. The van der Waals surface area contributed by atoms with E-state index in [0.717, 1.165) is 12.1 Å². The van der Waals surface area contributed by atoms with Crippen molar-refractivity contribution in [3.63, 3.8) is 0 Å². The van der Waals surface area contributed by atoms with Gasteiger partial charge in [0.15, 0.2) is 0 Å². The number of fused-ring (bicyclic) bond motifs is 1. The van der Waals surface area contributed by atoms with Gasteiger partial charge in [0, 0.05) is 25.2 Å². The van der Waals surface area contributed by atoms with E-state index >= 15 is 0 Å². The van der Waals surface area contributed by atoms with E-state index in [4.69, 9.17) is 0 Å². The van der Waals surface area contributed by atoms with E-state index in [1.165, 1.54) is 38.9 Å². The number of rotatable bonds is 1. The quantitative estimate of drug-likeness (QED) is 0.602. The lowest BCUT2D eigenvalue weighted by atomic mass is 10.1. The molecule has 1 N–H and O–H groups in total. The minimum atomic E-state index is 0.830. The average Bonchev–Trinajstić information content (AvgIpc) is 2.50. The molecule has 0 aromatic rings. The Morgan fingerprint density at radius 3 is 3.18 bits per heavy atom. The summed E-state index contributed by atoms with van der Waals surface area (Å²) < 4.78 is 0. The number of hydrogen-bond acceptors (Lipinski definition) is 2. The summed E-state index contributed by atoms with van der Waals surface area (Å²) in [4.78, 5) is 2.70. The summed E-state index contributed by atoms with van der Waals surface area (Å²) >= 11 is 0. The van der Waals surface area contributed by atoms with Crippen molar-refractivity contribution in [3.8, 4) is 0 Å². The molecule has 2 aliphatic heterocycles. The maximum Gasteiger partial charge on any atom is 0.0224 e. The second-order valence-electron chi connectivity index (χ2n) is 3.75. The van der Waals surface area contributed by atoms with E-state index in [1.807, 2.05) is 0 Å². The van der Waals surface area contributed by atoms with Gasteiger partial charge in [0.1, 0.15) is 0 Å². The Bertz CT molecular complexity index is 136. The third-order valence-corrected chi connectivity index (χ3v) is 3.12. The Labute approximate surface area is 69.0 Å². The molecule has 2 fully saturated rings. The molecule has 0 aromatic carbocycles. The zero-order valence-electron chi connectivity index (χ0n) is 7.34. The Morgan fingerprint density at radius 1 is 1.45 bits per heavy atom. The van der Waals surface area contributed by atoms with Gasteiger partial charge in [0.05, 0.1) is 0 Å². The number of nitrogens with zero attached hydrogens (tertiary/aromatic N) is 1. The van der Waals surface area contributed by atoms with Crippen LogP contribution < -0.4 is 5.32 Å². The van der Waals surface area contributed by atoms with E-state index in [-0.39, 0.29) is 0 Å². The minimum Gasteiger partial charge on any atom is -0.314 e. The van der Waals surface area contributed by atoms with Crippen molar-refractivity contribution >= 4 is 0 Å². The fraction of sp³-hybridized carbons (Fsp3) is 1.00. The van der Waals surface area contributed by atoms with E-state index in [9.17, 15) is 0 Å². The second-order valence-corrected chi connectivity index (χ2v) is 3.75. The fourth-order valence-electron chi connectivity index (χ4n) is 2.47. The normalized spacial score (nSPS) is 39.0. The summed E-state index contributed by atoms with van der Waals surface area (Å²) in [5.74, 6) is 0. The van der Waals surface area contributed by atoms with Crippen molar-refractivity contribution in [2.75, 3.05) is 19.6 Å². The Kier molecular flexibility index (Phi) is 2.14. The van der Waals surface area contributed by atoms with Gasteiger partial charge in [0.2, 0.25) is 0 Å². The molecule has 0 aliphatic carbocycles. The van der Waals surface area contributed by atoms with Crippen LogP contribution in [0.25, 0.3) is 0 Å². The van der Waals surface area contributed by atoms with E-state index in [1.54, 1.807) is 0 Å². The lowest BCUT2D eigenvalue weighted by Gasteiger charge is -2.37. The predicted octanol–water partition coefficient (Wildman–Crippen LogP) is 0.833. The molecule has 0 aromatic heterocycles. The van der Waals surface area contributed by atoms with Gasteiger partial charge in [-0.05, 0) is 25.8 Å². The zero-order chi connectivity index (χ0) is 7.68. The maximum atomic E-state index is 3.52. The molecule has 0 spiro atoms. The lowest BCUT2D eigenvalue weighted by Crippen LogP contribution is -2.54. The van der Waals surface area contributed by atoms with Crippen molar-refractivity contribution in [2.24, 2.45) is 0 Å². The van der Waals surface area contributed by atoms with Crippen LogP contribution in [0.15, 0.2) is 0 Å². The van der Waals surface area contributed by atoms with Crippen LogP contribution in [0, 0.1) is 0 Å². The molecule has 2 rings (SSSR count). The highest BCUT2D eigenvalue weighted by Crippen LogP contribution is 2.23. The van der Waals surface area contributed by atoms with Crippen molar-refractivity contribution in [1.82, 2.24) is 10.2 Å². The number of piperazine rings is 1. The summed E-state index contributed by atoms with van der Waals surface area (Å²) in [6, 6.07) is 1.70. The summed E-state index contributed by atoms with van der Waals surface area (Å²) in [5.41, 5.74) is 0. The van der Waals surface area contributed by atoms with Crippen LogP contribution in [0.5, 0.6) is 0 Å². The Morgan fingerprint density at radius 2 is 2.36 bits per heavy atom. The molecule has 0 bridgehead atoms. The first-order valence-electron chi connectivity index (χ1n) is 4.88. The molecule has 0 saturated carbocycles. The van der Waals surface area contributed by atoms with Crippen LogP contribution in [-0.2, 0) is 0 Å². The summed E-state index contributed by atoms with van der Waals surface area (Å²) in [6.45, 7) is 6.10. The summed E-state index contributed by atoms with van der Waals surface area (Å²) in [6.07, 6.45) is 4.15. The van der Waals surface area contributed by atoms with Gasteiger partial charge >= 0.3 is 0 Å².